The minimum Gasteiger partial charge on any atom is -0.481 e. The molecule has 0 saturated heterocycles. The van der Waals surface area contributed by atoms with E-state index in [1.165, 1.54) is 0 Å². The molecular formula is C11H16F2O2. The molecule has 2 saturated carbocycles. The third-order valence-electron chi connectivity index (χ3n) is 4.11. The van der Waals surface area contributed by atoms with E-state index in [9.17, 15) is 18.7 Å². The molecular weight excluding hydrogens is 202 g/mol. The van der Waals surface area contributed by atoms with Gasteiger partial charge in [-0.3, -0.25) is 4.79 Å². The molecule has 0 heterocycles. The monoisotopic (exact) mass is 218 g/mol. The predicted molar refractivity (Wildman–Crippen MR) is 50.8 cm³/mol. The number of carboxylic acid groups (broad SMARTS) is 1. The quantitative estimate of drug-likeness (QED) is 0.734. The fourth-order valence-electron chi connectivity index (χ4n) is 3.20. The molecule has 2 unspecified atom stereocenters. The van der Waals surface area contributed by atoms with Gasteiger partial charge in [-0.2, -0.15) is 0 Å². The summed E-state index contributed by atoms with van der Waals surface area (Å²) in [7, 11) is 0. The molecule has 0 aromatic carbocycles. The molecule has 1 N–H and O–H groups in total. The van der Waals surface area contributed by atoms with Crippen molar-refractivity contribution >= 4 is 5.97 Å². The van der Waals surface area contributed by atoms with Gasteiger partial charge in [0.15, 0.2) is 0 Å². The lowest BCUT2D eigenvalue weighted by Crippen LogP contribution is -2.48. The van der Waals surface area contributed by atoms with Crippen molar-refractivity contribution in [3.8, 4) is 0 Å². The highest BCUT2D eigenvalue weighted by molar-refractivity contribution is 5.75. The second-order valence-electron chi connectivity index (χ2n) is 4.96. The number of hydrogen-bond acceptors (Lipinski definition) is 1. The van der Waals surface area contributed by atoms with Crippen LogP contribution in [0.3, 0.4) is 0 Å². The van der Waals surface area contributed by atoms with Gasteiger partial charge in [0, 0.05) is 12.8 Å². The highest BCUT2D eigenvalue weighted by Crippen LogP contribution is 2.54. The van der Waals surface area contributed by atoms with Crippen LogP contribution in [0.4, 0.5) is 8.78 Å². The number of fused-ring (bicyclic) bond motifs is 1. The summed E-state index contributed by atoms with van der Waals surface area (Å²) in [4.78, 5) is 11.3. The lowest BCUT2D eigenvalue weighted by Gasteiger charge is -2.46. The van der Waals surface area contributed by atoms with Crippen molar-refractivity contribution in [3.05, 3.63) is 0 Å². The third kappa shape index (κ3) is 1.74. The van der Waals surface area contributed by atoms with Gasteiger partial charge >= 0.3 is 5.97 Å². The van der Waals surface area contributed by atoms with Gasteiger partial charge < -0.3 is 5.11 Å². The Balaban J connectivity index is 2.23. The van der Waals surface area contributed by atoms with Crippen molar-refractivity contribution in [3.63, 3.8) is 0 Å². The Labute approximate surface area is 87.7 Å². The second kappa shape index (κ2) is 3.42. The van der Waals surface area contributed by atoms with E-state index in [0.29, 0.717) is 12.8 Å². The van der Waals surface area contributed by atoms with Crippen LogP contribution in [-0.2, 0) is 4.79 Å². The standard InChI is InChI=1S/C11H16F2O2/c12-11(13)6-5-10(9(14)15)4-2-1-3-8(10)7-11/h8H,1-7H2,(H,14,15). The maximum Gasteiger partial charge on any atom is 0.309 e. The molecule has 2 atom stereocenters. The zero-order valence-corrected chi connectivity index (χ0v) is 8.64. The molecule has 0 aromatic heterocycles. The zero-order chi connectivity index (χ0) is 11.1. The molecule has 86 valence electrons. The first kappa shape index (κ1) is 10.8. The zero-order valence-electron chi connectivity index (χ0n) is 8.64. The van der Waals surface area contributed by atoms with Crippen molar-refractivity contribution < 1.29 is 18.7 Å². The fourth-order valence-corrected chi connectivity index (χ4v) is 3.20. The minimum absolute atomic E-state index is 0.153. The molecule has 2 fully saturated rings. The summed E-state index contributed by atoms with van der Waals surface area (Å²) >= 11 is 0. The van der Waals surface area contributed by atoms with Crippen LogP contribution in [0.1, 0.15) is 44.9 Å². The first-order valence-corrected chi connectivity index (χ1v) is 5.58. The molecule has 0 bridgehead atoms. The van der Waals surface area contributed by atoms with Gasteiger partial charge in [-0.15, -0.1) is 0 Å². The van der Waals surface area contributed by atoms with Gasteiger partial charge in [-0.1, -0.05) is 12.8 Å². The molecule has 2 rings (SSSR count). The average molecular weight is 218 g/mol. The predicted octanol–water partition coefficient (Wildman–Crippen LogP) is 3.07. The topological polar surface area (TPSA) is 37.3 Å². The second-order valence-corrected chi connectivity index (χ2v) is 4.96. The summed E-state index contributed by atoms with van der Waals surface area (Å²) < 4.78 is 26.4. The van der Waals surface area contributed by atoms with E-state index in [1.54, 1.807) is 0 Å². The number of aliphatic carboxylic acids is 1. The summed E-state index contributed by atoms with van der Waals surface area (Å²) in [5, 5.41) is 9.25. The van der Waals surface area contributed by atoms with Crippen LogP contribution in [0.25, 0.3) is 0 Å². The van der Waals surface area contributed by atoms with Crippen molar-refractivity contribution in [2.24, 2.45) is 11.3 Å². The van der Waals surface area contributed by atoms with Crippen LogP contribution in [0.5, 0.6) is 0 Å². The summed E-state index contributed by atoms with van der Waals surface area (Å²) in [6.45, 7) is 0. The first-order chi connectivity index (χ1) is 6.96. The number of alkyl halides is 2. The van der Waals surface area contributed by atoms with Gasteiger partial charge in [-0.05, 0) is 25.2 Å². The molecule has 2 aliphatic carbocycles. The van der Waals surface area contributed by atoms with Crippen molar-refractivity contribution in [2.45, 2.75) is 50.9 Å². The Kier molecular flexibility index (Phi) is 2.47. The van der Waals surface area contributed by atoms with E-state index in [0.717, 1.165) is 12.8 Å². The maximum absolute atomic E-state index is 13.2. The normalized spacial score (nSPS) is 39.5. The summed E-state index contributed by atoms with van der Waals surface area (Å²) in [5.74, 6) is -3.81. The van der Waals surface area contributed by atoms with Gasteiger partial charge in [0.05, 0.1) is 5.41 Å². The van der Waals surface area contributed by atoms with Crippen LogP contribution in [0, 0.1) is 11.3 Å². The summed E-state index contributed by atoms with van der Waals surface area (Å²) in [6.07, 6.45) is 2.68. The van der Waals surface area contributed by atoms with Crippen LogP contribution in [-0.4, -0.2) is 17.0 Å². The smallest absolute Gasteiger partial charge is 0.309 e. The molecule has 4 heteroatoms. The van der Waals surface area contributed by atoms with E-state index in [2.05, 4.69) is 0 Å². The van der Waals surface area contributed by atoms with Crippen LogP contribution in [0.2, 0.25) is 0 Å². The van der Waals surface area contributed by atoms with Crippen molar-refractivity contribution in [1.82, 2.24) is 0 Å². The van der Waals surface area contributed by atoms with E-state index < -0.39 is 17.3 Å². The molecule has 15 heavy (non-hydrogen) atoms. The Hall–Kier alpha value is -0.670. The Bertz CT molecular complexity index is 278. The molecule has 0 aromatic rings. The van der Waals surface area contributed by atoms with Crippen LogP contribution in [0.15, 0.2) is 0 Å². The molecule has 0 spiro atoms. The average Bonchev–Trinajstić information content (AvgIpc) is 2.16. The highest BCUT2D eigenvalue weighted by Gasteiger charge is 2.54. The Morgan fingerprint density at radius 2 is 1.93 bits per heavy atom. The van der Waals surface area contributed by atoms with Gasteiger partial charge in [0.1, 0.15) is 0 Å². The summed E-state index contributed by atoms with van der Waals surface area (Å²) in [5.41, 5.74) is -0.833. The molecule has 0 amide bonds. The molecule has 2 aliphatic rings. The number of rotatable bonds is 1. The fraction of sp³-hybridized carbons (Fsp3) is 0.909. The van der Waals surface area contributed by atoms with E-state index >= 15 is 0 Å². The van der Waals surface area contributed by atoms with Crippen molar-refractivity contribution in [2.75, 3.05) is 0 Å². The molecule has 2 nitrogen and oxygen atoms in total. The van der Waals surface area contributed by atoms with E-state index in [1.807, 2.05) is 0 Å². The maximum atomic E-state index is 13.2. The number of hydrogen-bond donors (Lipinski definition) is 1. The van der Waals surface area contributed by atoms with E-state index in [4.69, 9.17) is 0 Å². The number of carbonyl (C=O) groups is 1. The lowest BCUT2D eigenvalue weighted by molar-refractivity contribution is -0.170. The Morgan fingerprint density at radius 1 is 1.20 bits per heavy atom. The molecule has 0 radical (unpaired) electrons. The van der Waals surface area contributed by atoms with Gasteiger partial charge in [0.2, 0.25) is 5.92 Å². The third-order valence-corrected chi connectivity index (χ3v) is 4.11. The SMILES string of the molecule is O=C(O)C12CCCCC1CC(F)(F)CC2. The molecule has 0 aliphatic heterocycles. The number of halogens is 2. The largest absolute Gasteiger partial charge is 0.481 e. The van der Waals surface area contributed by atoms with Gasteiger partial charge in [0.25, 0.3) is 0 Å². The van der Waals surface area contributed by atoms with Crippen LogP contribution < -0.4 is 0 Å². The first-order valence-electron chi connectivity index (χ1n) is 5.58. The summed E-state index contributed by atoms with van der Waals surface area (Å²) in [6, 6.07) is 0. The lowest BCUT2D eigenvalue weighted by atomic mass is 9.58. The van der Waals surface area contributed by atoms with Crippen LogP contribution >= 0.6 is 0 Å². The Morgan fingerprint density at radius 3 is 2.60 bits per heavy atom. The van der Waals surface area contributed by atoms with E-state index in [-0.39, 0.29) is 25.2 Å². The van der Waals surface area contributed by atoms with Crippen molar-refractivity contribution in [1.29, 1.82) is 0 Å². The van der Waals surface area contributed by atoms with Gasteiger partial charge in [-0.25, -0.2) is 8.78 Å². The number of carboxylic acids is 1. The highest BCUT2D eigenvalue weighted by atomic mass is 19.3. The minimum atomic E-state index is -2.64.